The molecule has 0 aliphatic heterocycles. The van der Waals surface area contributed by atoms with E-state index in [1.807, 2.05) is 41.1 Å². The first-order valence-electron chi connectivity index (χ1n) is 8.39. The van der Waals surface area contributed by atoms with Crippen LogP contribution in [0.1, 0.15) is 23.1 Å². The van der Waals surface area contributed by atoms with Crippen molar-refractivity contribution in [1.82, 2.24) is 9.55 Å². The Bertz CT molecular complexity index is 991. The minimum atomic E-state index is -0.935. The second kappa shape index (κ2) is 9.34. The molecule has 0 saturated carbocycles. The zero-order valence-electron chi connectivity index (χ0n) is 14.7. The molecule has 0 saturated heterocycles. The standard InChI is InChI=1S/C19H16Cl2N4O3/c20-16-6-5-15(18(21)12-16)11-14-3-1-2-4-17(14)19(23-28-25(26)27)7-9-24-10-8-22-13-24/h1-6,8,10,12-13H,7,9,11H2. The van der Waals surface area contributed by atoms with Crippen LogP contribution in [-0.2, 0) is 17.9 Å². The van der Waals surface area contributed by atoms with Crippen molar-refractivity contribution in [2.45, 2.75) is 19.4 Å². The van der Waals surface area contributed by atoms with Crippen LogP contribution < -0.4 is 0 Å². The van der Waals surface area contributed by atoms with E-state index in [-0.39, 0.29) is 0 Å². The number of imidazole rings is 1. The Morgan fingerprint density at radius 1 is 1.21 bits per heavy atom. The molecule has 0 radical (unpaired) electrons. The Kier molecular flexibility index (Phi) is 6.62. The fraction of sp³-hybridized carbons (Fsp3) is 0.158. The van der Waals surface area contributed by atoms with Gasteiger partial charge in [-0.3, -0.25) is 0 Å². The van der Waals surface area contributed by atoms with Gasteiger partial charge in [-0.1, -0.05) is 53.5 Å². The van der Waals surface area contributed by atoms with E-state index in [9.17, 15) is 10.1 Å². The molecule has 0 amide bonds. The molecule has 0 aliphatic rings. The van der Waals surface area contributed by atoms with Crippen molar-refractivity contribution in [3.8, 4) is 0 Å². The molecule has 28 heavy (non-hydrogen) atoms. The van der Waals surface area contributed by atoms with Crippen molar-refractivity contribution in [1.29, 1.82) is 0 Å². The number of aromatic nitrogens is 2. The summed E-state index contributed by atoms with van der Waals surface area (Å²) in [5.41, 5.74) is 3.03. The molecular formula is C19H16Cl2N4O3. The summed E-state index contributed by atoms with van der Waals surface area (Å²) < 4.78 is 1.86. The van der Waals surface area contributed by atoms with E-state index < -0.39 is 5.09 Å². The molecule has 144 valence electrons. The molecule has 9 heteroatoms. The summed E-state index contributed by atoms with van der Waals surface area (Å²) in [5, 5.41) is 14.6. The Hall–Kier alpha value is -2.90. The first-order valence-corrected chi connectivity index (χ1v) is 9.15. The minimum absolute atomic E-state index is 0.426. The van der Waals surface area contributed by atoms with Crippen LogP contribution in [0.3, 0.4) is 0 Å². The third-order valence-corrected chi connectivity index (χ3v) is 4.69. The molecule has 0 fully saturated rings. The summed E-state index contributed by atoms with van der Waals surface area (Å²) >= 11 is 12.3. The lowest BCUT2D eigenvalue weighted by Gasteiger charge is -2.11. The number of nitrogens with zero attached hydrogens (tertiary/aromatic N) is 4. The molecule has 2 aromatic carbocycles. The summed E-state index contributed by atoms with van der Waals surface area (Å²) in [5.74, 6) is 0. The van der Waals surface area contributed by atoms with Gasteiger partial charge in [-0.15, -0.1) is 0 Å². The van der Waals surface area contributed by atoms with Gasteiger partial charge in [-0.2, -0.15) is 4.94 Å². The van der Waals surface area contributed by atoms with Crippen LogP contribution in [0, 0.1) is 10.1 Å². The number of halogens is 2. The van der Waals surface area contributed by atoms with Crippen LogP contribution in [-0.4, -0.2) is 20.3 Å². The van der Waals surface area contributed by atoms with Gasteiger partial charge in [0.25, 0.3) is 0 Å². The number of aryl methyl sites for hydroxylation is 1. The van der Waals surface area contributed by atoms with Gasteiger partial charge in [0.2, 0.25) is 0 Å². The SMILES string of the molecule is O=[N+]([O-])ON=C(CCn1ccnc1)c1ccccc1Cc1ccc(Cl)cc1Cl. The molecule has 3 rings (SSSR count). The maximum Gasteiger partial charge on any atom is 0.192 e. The third-order valence-electron chi connectivity index (χ3n) is 4.11. The maximum absolute atomic E-state index is 10.7. The first kappa shape index (κ1) is 19.9. The average molecular weight is 419 g/mol. The van der Waals surface area contributed by atoms with Gasteiger partial charge in [-0.25, -0.2) is 15.1 Å². The fourth-order valence-corrected chi connectivity index (χ4v) is 3.27. The second-order valence-electron chi connectivity index (χ2n) is 5.96. The predicted molar refractivity (Wildman–Crippen MR) is 107 cm³/mol. The fourth-order valence-electron chi connectivity index (χ4n) is 2.79. The predicted octanol–water partition coefficient (Wildman–Crippen LogP) is 4.78. The van der Waals surface area contributed by atoms with Crippen LogP contribution in [0.15, 0.2) is 66.3 Å². The number of hydrogen-bond donors (Lipinski definition) is 0. The van der Waals surface area contributed by atoms with Crippen molar-refractivity contribution in [2.24, 2.45) is 5.16 Å². The van der Waals surface area contributed by atoms with Gasteiger partial charge in [0.05, 0.1) is 11.5 Å². The van der Waals surface area contributed by atoms with E-state index in [0.717, 1.165) is 16.7 Å². The first-order chi connectivity index (χ1) is 13.5. The second-order valence-corrected chi connectivity index (χ2v) is 6.81. The minimum Gasteiger partial charge on any atom is -0.337 e. The molecule has 3 aromatic rings. The van der Waals surface area contributed by atoms with E-state index >= 15 is 0 Å². The molecule has 0 atom stereocenters. The van der Waals surface area contributed by atoms with Gasteiger partial charge in [0, 0.05) is 41.0 Å². The van der Waals surface area contributed by atoms with Crippen LogP contribution in [0.5, 0.6) is 0 Å². The molecule has 0 bridgehead atoms. The number of benzene rings is 2. The third kappa shape index (κ3) is 5.31. The smallest absolute Gasteiger partial charge is 0.192 e. The lowest BCUT2D eigenvalue weighted by molar-refractivity contribution is -0.760. The molecular weight excluding hydrogens is 403 g/mol. The van der Waals surface area contributed by atoms with Crippen LogP contribution in [0.25, 0.3) is 0 Å². The number of hydrogen-bond acceptors (Lipinski definition) is 5. The Morgan fingerprint density at radius 2 is 2.04 bits per heavy atom. The van der Waals surface area contributed by atoms with E-state index in [2.05, 4.69) is 15.1 Å². The summed E-state index contributed by atoms with van der Waals surface area (Å²) in [6.45, 7) is 0.552. The van der Waals surface area contributed by atoms with E-state index in [1.165, 1.54) is 0 Å². The highest BCUT2D eigenvalue weighted by Crippen LogP contribution is 2.25. The Labute approximate surface area is 171 Å². The van der Waals surface area contributed by atoms with Gasteiger partial charge < -0.3 is 4.57 Å². The zero-order valence-corrected chi connectivity index (χ0v) is 16.2. The van der Waals surface area contributed by atoms with Crippen molar-refractivity contribution >= 4 is 28.9 Å². The summed E-state index contributed by atoms with van der Waals surface area (Å²) in [7, 11) is 0. The highest BCUT2D eigenvalue weighted by molar-refractivity contribution is 6.35. The van der Waals surface area contributed by atoms with Crippen LogP contribution in [0.4, 0.5) is 0 Å². The maximum atomic E-state index is 10.7. The van der Waals surface area contributed by atoms with Gasteiger partial charge >= 0.3 is 0 Å². The normalized spacial score (nSPS) is 11.4. The lowest BCUT2D eigenvalue weighted by Crippen LogP contribution is -2.11. The molecule has 0 aliphatic carbocycles. The lowest BCUT2D eigenvalue weighted by atomic mass is 9.95. The van der Waals surface area contributed by atoms with Gasteiger partial charge in [0.15, 0.2) is 10.8 Å². The Morgan fingerprint density at radius 3 is 2.75 bits per heavy atom. The molecule has 0 N–H and O–H groups in total. The van der Waals surface area contributed by atoms with Crippen molar-refractivity contribution in [2.75, 3.05) is 0 Å². The number of oxime groups is 1. The Balaban J connectivity index is 1.90. The summed E-state index contributed by atoms with van der Waals surface area (Å²) in [6.07, 6.45) is 6.10. The van der Waals surface area contributed by atoms with E-state index in [1.54, 1.807) is 24.7 Å². The quantitative estimate of drug-likeness (QED) is 0.299. The number of rotatable bonds is 8. The van der Waals surface area contributed by atoms with Crippen molar-refractivity contribution in [3.05, 3.63) is 98.0 Å². The van der Waals surface area contributed by atoms with Gasteiger partial charge in [0.1, 0.15) is 0 Å². The largest absolute Gasteiger partial charge is 0.337 e. The zero-order chi connectivity index (χ0) is 19.9. The highest BCUT2D eigenvalue weighted by Gasteiger charge is 2.16. The highest BCUT2D eigenvalue weighted by atomic mass is 35.5. The molecule has 1 aromatic heterocycles. The van der Waals surface area contributed by atoms with Crippen LogP contribution >= 0.6 is 23.2 Å². The summed E-state index contributed by atoms with van der Waals surface area (Å²) in [4.78, 5) is 19.0. The molecule has 7 nitrogen and oxygen atoms in total. The van der Waals surface area contributed by atoms with Crippen LogP contribution in [0.2, 0.25) is 10.0 Å². The van der Waals surface area contributed by atoms with Crippen molar-refractivity contribution < 1.29 is 10.0 Å². The molecule has 0 spiro atoms. The average Bonchev–Trinajstić information content (AvgIpc) is 3.18. The monoisotopic (exact) mass is 418 g/mol. The molecule has 1 heterocycles. The van der Waals surface area contributed by atoms with E-state index in [4.69, 9.17) is 23.2 Å². The topological polar surface area (TPSA) is 82.5 Å². The van der Waals surface area contributed by atoms with Crippen molar-refractivity contribution in [3.63, 3.8) is 0 Å². The molecule has 0 unspecified atom stereocenters. The van der Waals surface area contributed by atoms with E-state index in [0.29, 0.717) is 35.1 Å². The summed E-state index contributed by atoms with van der Waals surface area (Å²) in [6, 6.07) is 12.8. The van der Waals surface area contributed by atoms with Gasteiger partial charge in [-0.05, 0) is 29.7 Å².